The number of hydrogen-bond acceptors (Lipinski definition) is 21. The zero-order chi connectivity index (χ0) is 65.9. The second-order valence-corrected chi connectivity index (χ2v) is 22.5. The molecule has 21 heteroatoms. The molecule has 0 bridgehead atoms. The van der Waals surface area contributed by atoms with E-state index in [1.165, 1.54) is 55.6 Å². The lowest BCUT2D eigenvalue weighted by atomic mass is 9.95. The predicted octanol–water partition coefficient (Wildman–Crippen LogP) is 8.65. The summed E-state index contributed by atoms with van der Waals surface area (Å²) in [5.41, 5.74) is 2.72. The Labute approximate surface area is 548 Å². The molecule has 0 saturated carbocycles. The molecular weight excluding hydrogens is 1220 g/mol. The van der Waals surface area contributed by atoms with E-state index < -0.39 is 136 Å². The molecule has 3 saturated heterocycles. The molecule has 3 N–H and O–H groups in total. The minimum Gasteiger partial charge on any atom is -0.497 e. The van der Waals surface area contributed by atoms with E-state index in [0.717, 1.165) is 16.7 Å². The molecule has 0 aromatic heterocycles. The van der Waals surface area contributed by atoms with Crippen molar-refractivity contribution < 1.29 is 101 Å². The number of benzene rings is 8. The summed E-state index contributed by atoms with van der Waals surface area (Å²) >= 11 is 0. The van der Waals surface area contributed by atoms with Crippen molar-refractivity contribution in [3.63, 3.8) is 0 Å². The second kappa shape index (κ2) is 33.3. The van der Waals surface area contributed by atoms with Crippen LogP contribution in [-0.2, 0) is 76.7 Å². The van der Waals surface area contributed by atoms with Crippen molar-refractivity contribution in [2.75, 3.05) is 26.9 Å². The summed E-state index contributed by atoms with van der Waals surface area (Å²) in [4.78, 5) is 56.9. The number of carbonyl (C=O) groups excluding carboxylic acids is 4. The van der Waals surface area contributed by atoms with Gasteiger partial charge < -0.3 is 81.6 Å². The molecule has 0 spiro atoms. The lowest BCUT2D eigenvalue weighted by Gasteiger charge is -2.51. The van der Waals surface area contributed by atoms with Crippen molar-refractivity contribution in [2.45, 2.75) is 112 Å². The summed E-state index contributed by atoms with van der Waals surface area (Å²) in [5, 5.41) is 35.8. The van der Waals surface area contributed by atoms with Gasteiger partial charge in [-0.25, -0.2) is 19.2 Å². The van der Waals surface area contributed by atoms with Crippen molar-refractivity contribution in [1.29, 1.82) is 0 Å². The number of carbonyl (C=O) groups is 4. The molecule has 8 aromatic rings. The maximum Gasteiger partial charge on any atom is 0.338 e. The third kappa shape index (κ3) is 17.6. The number of aliphatic hydroxyl groups excluding tert-OH is 3. The van der Waals surface area contributed by atoms with Gasteiger partial charge in [0.1, 0.15) is 85.8 Å². The van der Waals surface area contributed by atoms with E-state index in [1.807, 2.05) is 91.0 Å². The van der Waals surface area contributed by atoms with Crippen LogP contribution in [0, 0.1) is 0 Å². The average Bonchev–Trinajstić information content (AvgIpc) is 0.797. The van der Waals surface area contributed by atoms with E-state index in [0.29, 0.717) is 5.75 Å². The zero-order valence-corrected chi connectivity index (χ0v) is 51.6. The lowest BCUT2D eigenvalue weighted by molar-refractivity contribution is -0.385. The maximum atomic E-state index is 14.9. The van der Waals surface area contributed by atoms with Crippen LogP contribution in [0.4, 0.5) is 0 Å². The standard InChI is InChI=1S/C74H72O21/c1-82-54-37-39-55(40-38-54)88-74-67(93-71(81)53-35-21-8-22-36-53)65(95-73-66(85-44-49-27-13-4-14-28-49)64(84-43-48-25-11-3-12-26-48)61(56(41-75)89-73)83-42-47-23-9-2-10-24-47)62(58(91-74)46-87-69(79)51-31-17-6-18-32-51)94-72-63(92-70(80)52-33-19-7-20-34-52)60(77)59(76)57(90-72)45-86-68(78)50-29-15-5-16-30-50/h2-40,56-67,72-77H,41-46H2,1H3/t56-,57+,58+,59-,60-,61+,62+,63+,64+,65-,66-,67+,72-,73-,74+/m0/s1. The summed E-state index contributed by atoms with van der Waals surface area (Å²) in [6, 6.07) is 66.3. The van der Waals surface area contributed by atoms with Crippen LogP contribution in [0.25, 0.3) is 0 Å². The molecule has 95 heavy (non-hydrogen) atoms. The fourth-order valence-electron chi connectivity index (χ4n) is 11.1. The largest absolute Gasteiger partial charge is 0.497 e. The van der Waals surface area contributed by atoms with Crippen LogP contribution in [0.2, 0.25) is 0 Å². The average molecular weight is 1300 g/mol. The Kier molecular flexibility index (Phi) is 23.5. The lowest BCUT2D eigenvalue weighted by Crippen LogP contribution is -2.69. The van der Waals surface area contributed by atoms with Crippen LogP contribution in [0.1, 0.15) is 58.1 Å². The molecule has 3 heterocycles. The van der Waals surface area contributed by atoms with Crippen LogP contribution in [0.15, 0.2) is 237 Å². The van der Waals surface area contributed by atoms with Gasteiger partial charge in [0.15, 0.2) is 24.8 Å². The predicted molar refractivity (Wildman–Crippen MR) is 338 cm³/mol. The second-order valence-electron chi connectivity index (χ2n) is 22.5. The highest BCUT2D eigenvalue weighted by Crippen LogP contribution is 2.39. The van der Waals surface area contributed by atoms with Gasteiger partial charge in [-0.1, -0.05) is 164 Å². The first kappa shape index (κ1) is 67.2. The van der Waals surface area contributed by atoms with Crippen LogP contribution >= 0.6 is 0 Å². The summed E-state index contributed by atoms with van der Waals surface area (Å²) < 4.78 is 92.2. The minimum atomic E-state index is -2.05. The van der Waals surface area contributed by atoms with Gasteiger partial charge in [-0.3, -0.25) is 0 Å². The third-order valence-electron chi connectivity index (χ3n) is 16.0. The first-order chi connectivity index (χ1) is 46.5. The normalized spacial score (nSPS) is 25.7. The van der Waals surface area contributed by atoms with Crippen molar-refractivity contribution in [1.82, 2.24) is 0 Å². The van der Waals surface area contributed by atoms with E-state index in [9.17, 15) is 34.5 Å². The number of hydrogen-bond donors (Lipinski definition) is 3. The molecule has 8 aromatic carbocycles. The SMILES string of the molecule is COc1ccc(O[C@@H]2O[C@H](COC(=O)c3ccccc3)[C@@H](O[C@@H]3O[C@H](COC(=O)c4ccccc4)[C@H](O)[C@H](O)[C@H]3OC(=O)c3ccccc3)[C@H](O[C@@H]3O[C@@H](CO)[C@@H](OCc4ccccc4)[C@@H](OCc4ccccc4)[C@@H]3OCc3ccccc3)[C@H]2OC(=O)c2ccccc2)cc1. The maximum absolute atomic E-state index is 14.9. The molecule has 3 aliphatic heterocycles. The van der Waals surface area contributed by atoms with Crippen molar-refractivity contribution in [3.05, 3.63) is 276 Å². The van der Waals surface area contributed by atoms with Gasteiger partial charge in [-0.05, 0) is 89.5 Å². The molecule has 3 fully saturated rings. The number of methoxy groups -OCH3 is 1. The summed E-state index contributed by atoms with van der Waals surface area (Å²) in [7, 11) is 1.49. The van der Waals surface area contributed by atoms with E-state index in [1.54, 1.807) is 97.1 Å². The first-order valence-electron chi connectivity index (χ1n) is 31.0. The van der Waals surface area contributed by atoms with Gasteiger partial charge in [-0.2, -0.15) is 0 Å². The highest BCUT2D eigenvalue weighted by atomic mass is 16.8. The molecule has 11 rings (SSSR count). The summed E-state index contributed by atoms with van der Waals surface area (Å²) in [5.74, 6) is -2.88. The molecule has 21 nitrogen and oxygen atoms in total. The van der Waals surface area contributed by atoms with E-state index in [4.69, 9.17) is 66.3 Å². The summed E-state index contributed by atoms with van der Waals surface area (Å²) in [6.45, 7) is -2.08. The Hall–Kier alpha value is -9.20. The molecule has 15 atom stereocenters. The minimum absolute atomic E-state index is 0.00215. The van der Waals surface area contributed by atoms with Crippen LogP contribution in [-0.4, -0.2) is 158 Å². The first-order valence-corrected chi connectivity index (χ1v) is 31.0. The van der Waals surface area contributed by atoms with Crippen LogP contribution in [0.5, 0.6) is 11.5 Å². The van der Waals surface area contributed by atoms with Crippen LogP contribution < -0.4 is 9.47 Å². The summed E-state index contributed by atoms with van der Waals surface area (Å²) in [6.07, 6.45) is -24.8. The Morgan fingerprint density at radius 1 is 0.358 bits per heavy atom. The highest BCUT2D eigenvalue weighted by molar-refractivity contribution is 5.91. The molecule has 494 valence electrons. The van der Waals surface area contributed by atoms with Gasteiger partial charge in [0.25, 0.3) is 0 Å². The topological polar surface area (TPSA) is 258 Å². The number of esters is 4. The van der Waals surface area contributed by atoms with Gasteiger partial charge in [-0.15, -0.1) is 0 Å². The molecular formula is C74H72O21. The van der Waals surface area contributed by atoms with Gasteiger partial charge in [0, 0.05) is 0 Å². The third-order valence-corrected chi connectivity index (χ3v) is 16.0. The Morgan fingerprint density at radius 3 is 1.19 bits per heavy atom. The van der Waals surface area contributed by atoms with E-state index in [2.05, 4.69) is 0 Å². The molecule has 0 radical (unpaired) electrons. The molecule has 0 unspecified atom stereocenters. The van der Waals surface area contributed by atoms with Crippen molar-refractivity contribution in [3.8, 4) is 11.5 Å². The van der Waals surface area contributed by atoms with Gasteiger partial charge in [0.2, 0.25) is 6.29 Å². The number of ether oxygens (including phenoxy) is 14. The van der Waals surface area contributed by atoms with Gasteiger partial charge >= 0.3 is 23.9 Å². The number of aliphatic hydroxyl groups is 3. The van der Waals surface area contributed by atoms with E-state index >= 15 is 0 Å². The fraction of sp³-hybridized carbons (Fsp3) is 0.297. The Balaban J connectivity index is 1.06. The zero-order valence-electron chi connectivity index (χ0n) is 51.6. The molecule has 3 aliphatic rings. The molecule has 0 aliphatic carbocycles. The van der Waals surface area contributed by atoms with Crippen molar-refractivity contribution >= 4 is 23.9 Å². The Morgan fingerprint density at radius 2 is 0.726 bits per heavy atom. The van der Waals surface area contributed by atoms with Gasteiger partial charge in [0.05, 0.1) is 55.8 Å². The molecule has 0 amide bonds. The quantitative estimate of drug-likeness (QED) is 0.0321. The smallest absolute Gasteiger partial charge is 0.338 e. The Bertz CT molecular complexity index is 3650. The van der Waals surface area contributed by atoms with E-state index in [-0.39, 0.29) is 47.8 Å². The monoisotopic (exact) mass is 1300 g/mol. The highest BCUT2D eigenvalue weighted by Gasteiger charge is 2.59. The van der Waals surface area contributed by atoms with Crippen LogP contribution in [0.3, 0.4) is 0 Å². The number of rotatable bonds is 27. The van der Waals surface area contributed by atoms with Crippen molar-refractivity contribution in [2.24, 2.45) is 0 Å². The fourth-order valence-corrected chi connectivity index (χ4v) is 11.1.